The average molecular weight is 293 g/mol. The highest BCUT2D eigenvalue weighted by molar-refractivity contribution is 5.92. The summed E-state index contributed by atoms with van der Waals surface area (Å²) in [4.78, 5) is 15.5. The summed E-state index contributed by atoms with van der Waals surface area (Å²) in [5, 5.41) is 2.57. The lowest BCUT2D eigenvalue weighted by Gasteiger charge is -2.09. The molecular weight excluding hydrogens is 280 g/mol. The summed E-state index contributed by atoms with van der Waals surface area (Å²) in [6.45, 7) is 2.22. The summed E-state index contributed by atoms with van der Waals surface area (Å²) in [6.07, 6.45) is 1.34. The third kappa shape index (κ3) is 3.44. The maximum absolute atomic E-state index is 13.6. The van der Waals surface area contributed by atoms with Gasteiger partial charge in [0.2, 0.25) is 0 Å². The van der Waals surface area contributed by atoms with Gasteiger partial charge in [0.15, 0.2) is 11.6 Å². The highest BCUT2D eigenvalue weighted by atomic mass is 19.1. The average Bonchev–Trinajstić information content (AvgIpc) is 2.45. The lowest BCUT2D eigenvalue weighted by molar-refractivity contribution is 0.0950. The molecule has 0 radical (unpaired) electrons. The molecule has 0 aliphatic rings. The van der Waals surface area contributed by atoms with Crippen LogP contribution in [0.4, 0.5) is 14.5 Å². The van der Waals surface area contributed by atoms with E-state index in [0.717, 1.165) is 12.1 Å². The molecule has 2 aromatic rings. The molecule has 1 amide bonds. The van der Waals surface area contributed by atoms with Gasteiger partial charge in [-0.05, 0) is 13.0 Å². The highest BCUT2D eigenvalue weighted by Crippen LogP contribution is 2.27. The molecule has 2 rings (SSSR count). The fraction of sp³-hybridized carbons (Fsp3) is 0.143. The van der Waals surface area contributed by atoms with Crippen LogP contribution in [-0.4, -0.2) is 17.4 Å². The zero-order valence-electron chi connectivity index (χ0n) is 11.2. The lowest BCUT2D eigenvalue weighted by atomic mass is 10.2. The van der Waals surface area contributed by atoms with E-state index in [1.54, 1.807) is 6.92 Å². The van der Waals surface area contributed by atoms with Crippen molar-refractivity contribution in [2.24, 2.45) is 0 Å². The van der Waals surface area contributed by atoms with Gasteiger partial charge in [-0.25, -0.2) is 8.78 Å². The van der Waals surface area contributed by atoms with Gasteiger partial charge in [0, 0.05) is 30.9 Å². The first kappa shape index (κ1) is 14.7. The first-order valence-electron chi connectivity index (χ1n) is 6.18. The molecule has 21 heavy (non-hydrogen) atoms. The van der Waals surface area contributed by atoms with E-state index in [2.05, 4.69) is 10.3 Å². The summed E-state index contributed by atoms with van der Waals surface area (Å²) < 4.78 is 32.2. The lowest BCUT2D eigenvalue weighted by Crippen LogP contribution is -2.23. The first-order chi connectivity index (χ1) is 10.0. The maximum atomic E-state index is 13.6. The van der Waals surface area contributed by atoms with Crippen molar-refractivity contribution in [1.82, 2.24) is 10.3 Å². The molecule has 0 bridgehead atoms. The molecule has 1 aromatic carbocycles. The monoisotopic (exact) mass is 293 g/mol. The maximum Gasteiger partial charge on any atom is 0.270 e. The fourth-order valence-electron chi connectivity index (χ4n) is 1.60. The van der Waals surface area contributed by atoms with Gasteiger partial charge in [-0.15, -0.1) is 0 Å². The molecule has 0 saturated carbocycles. The molecule has 0 fully saturated rings. The van der Waals surface area contributed by atoms with Crippen LogP contribution >= 0.6 is 0 Å². The van der Waals surface area contributed by atoms with Crippen LogP contribution in [0.25, 0.3) is 0 Å². The Morgan fingerprint density at radius 2 is 2.10 bits per heavy atom. The molecule has 7 heteroatoms. The molecule has 0 aliphatic heterocycles. The van der Waals surface area contributed by atoms with Gasteiger partial charge in [-0.2, -0.15) is 0 Å². The number of nitrogen functional groups attached to an aromatic ring is 1. The molecule has 0 saturated heterocycles. The second-order valence-electron chi connectivity index (χ2n) is 4.14. The number of carbonyl (C=O) groups is 1. The molecule has 0 atom stereocenters. The number of aromatic nitrogens is 1. The Morgan fingerprint density at radius 1 is 1.33 bits per heavy atom. The Morgan fingerprint density at radius 3 is 2.81 bits per heavy atom. The number of ether oxygens (including phenoxy) is 1. The number of benzene rings is 1. The molecule has 0 aliphatic carbocycles. The number of hydrogen-bond acceptors (Lipinski definition) is 4. The van der Waals surface area contributed by atoms with E-state index >= 15 is 0 Å². The molecule has 110 valence electrons. The molecule has 0 unspecified atom stereocenters. The number of carbonyl (C=O) groups excluding carboxylic acids is 1. The van der Waals surface area contributed by atoms with Crippen LogP contribution in [0.3, 0.4) is 0 Å². The van der Waals surface area contributed by atoms with Crippen molar-refractivity contribution in [3.8, 4) is 11.5 Å². The minimum atomic E-state index is -0.801. The van der Waals surface area contributed by atoms with Gasteiger partial charge >= 0.3 is 0 Å². The Kier molecular flexibility index (Phi) is 4.32. The van der Waals surface area contributed by atoms with E-state index in [0.29, 0.717) is 6.54 Å². The molecule has 1 aromatic heterocycles. The van der Waals surface area contributed by atoms with Gasteiger partial charge in [-0.1, -0.05) is 0 Å². The predicted octanol–water partition coefficient (Wildman–Crippen LogP) is 2.48. The number of nitrogens with one attached hydrogen (secondary N) is 1. The van der Waals surface area contributed by atoms with E-state index in [-0.39, 0.29) is 28.8 Å². The van der Waals surface area contributed by atoms with E-state index in [1.807, 2.05) is 0 Å². The zero-order chi connectivity index (χ0) is 15.4. The minimum Gasteiger partial charge on any atom is -0.454 e. The van der Waals surface area contributed by atoms with Gasteiger partial charge in [0.1, 0.15) is 17.3 Å². The van der Waals surface area contributed by atoms with Gasteiger partial charge in [0.25, 0.3) is 5.91 Å². The fourth-order valence-corrected chi connectivity index (χ4v) is 1.60. The summed E-state index contributed by atoms with van der Waals surface area (Å²) in [7, 11) is 0. The van der Waals surface area contributed by atoms with E-state index < -0.39 is 11.6 Å². The van der Waals surface area contributed by atoms with Crippen LogP contribution in [0, 0.1) is 11.6 Å². The van der Waals surface area contributed by atoms with Crippen molar-refractivity contribution < 1.29 is 18.3 Å². The SMILES string of the molecule is CCNC(=O)c1cc(Oc2cc(F)c(N)cc2F)ccn1. The minimum absolute atomic E-state index is 0.116. The second-order valence-corrected chi connectivity index (χ2v) is 4.14. The quantitative estimate of drug-likeness (QED) is 0.849. The smallest absolute Gasteiger partial charge is 0.270 e. The van der Waals surface area contributed by atoms with Gasteiger partial charge < -0.3 is 15.8 Å². The molecule has 3 N–H and O–H groups in total. The van der Waals surface area contributed by atoms with Crippen LogP contribution in [-0.2, 0) is 0 Å². The molecule has 0 spiro atoms. The predicted molar refractivity (Wildman–Crippen MR) is 73.1 cm³/mol. The van der Waals surface area contributed by atoms with Crippen molar-refractivity contribution in [2.75, 3.05) is 12.3 Å². The Bertz CT molecular complexity index is 677. The van der Waals surface area contributed by atoms with Gasteiger partial charge in [0.05, 0.1) is 5.69 Å². The van der Waals surface area contributed by atoms with Gasteiger partial charge in [-0.3, -0.25) is 9.78 Å². The van der Waals surface area contributed by atoms with Crippen LogP contribution in [0.2, 0.25) is 0 Å². The third-order valence-corrected chi connectivity index (χ3v) is 2.58. The van der Waals surface area contributed by atoms with Crippen molar-refractivity contribution in [3.63, 3.8) is 0 Å². The molecular formula is C14H13F2N3O2. The molecule has 1 heterocycles. The number of pyridine rings is 1. The number of nitrogens with zero attached hydrogens (tertiary/aromatic N) is 1. The number of amides is 1. The number of hydrogen-bond donors (Lipinski definition) is 2. The standard InChI is InChI=1S/C14H13F2N3O2/c1-2-18-14(20)12-5-8(3-4-19-12)21-13-7-9(15)11(17)6-10(13)16/h3-7H,2,17H2,1H3,(H,18,20). The Hall–Kier alpha value is -2.70. The molecule has 5 nitrogen and oxygen atoms in total. The number of halogens is 2. The van der Waals surface area contributed by atoms with E-state index in [9.17, 15) is 13.6 Å². The Balaban J connectivity index is 2.26. The summed E-state index contributed by atoms with van der Waals surface area (Å²) in [6, 6.07) is 4.43. The van der Waals surface area contributed by atoms with Crippen molar-refractivity contribution in [1.29, 1.82) is 0 Å². The zero-order valence-corrected chi connectivity index (χ0v) is 11.2. The normalized spacial score (nSPS) is 10.2. The van der Waals surface area contributed by atoms with E-state index in [4.69, 9.17) is 10.5 Å². The van der Waals surface area contributed by atoms with Crippen LogP contribution < -0.4 is 15.8 Å². The summed E-state index contributed by atoms with van der Waals surface area (Å²) in [5.74, 6) is -2.13. The Labute approximate surface area is 119 Å². The third-order valence-electron chi connectivity index (χ3n) is 2.58. The first-order valence-corrected chi connectivity index (χ1v) is 6.18. The highest BCUT2D eigenvalue weighted by Gasteiger charge is 2.12. The number of nitrogens with two attached hydrogens (primary N) is 1. The summed E-state index contributed by atoms with van der Waals surface area (Å²) in [5.41, 5.74) is 5.06. The van der Waals surface area contributed by atoms with Crippen LogP contribution in [0.1, 0.15) is 17.4 Å². The van der Waals surface area contributed by atoms with Crippen LogP contribution in [0.5, 0.6) is 11.5 Å². The van der Waals surface area contributed by atoms with Crippen molar-refractivity contribution in [2.45, 2.75) is 6.92 Å². The van der Waals surface area contributed by atoms with E-state index in [1.165, 1.54) is 18.3 Å². The summed E-state index contributed by atoms with van der Waals surface area (Å²) >= 11 is 0. The largest absolute Gasteiger partial charge is 0.454 e. The van der Waals surface area contributed by atoms with Crippen LogP contribution in [0.15, 0.2) is 30.5 Å². The number of anilines is 1. The van der Waals surface area contributed by atoms with Crippen molar-refractivity contribution in [3.05, 3.63) is 47.8 Å². The second kappa shape index (κ2) is 6.17. The van der Waals surface area contributed by atoms with Crippen molar-refractivity contribution >= 4 is 11.6 Å². The topological polar surface area (TPSA) is 77.2 Å². The number of rotatable bonds is 4.